The molecule has 0 aromatic heterocycles. The lowest BCUT2D eigenvalue weighted by atomic mass is 10.0. The van der Waals surface area contributed by atoms with Crippen molar-refractivity contribution in [1.29, 1.82) is 0 Å². The number of nitrogens with one attached hydrogen (secondary N) is 1. The van der Waals surface area contributed by atoms with E-state index in [-0.39, 0.29) is 18.5 Å². The Morgan fingerprint density at radius 1 is 0.453 bits per heavy atom. The van der Waals surface area contributed by atoms with Gasteiger partial charge in [0.05, 0.1) is 25.4 Å². The van der Waals surface area contributed by atoms with Gasteiger partial charge in [-0.15, -0.1) is 0 Å². The Kier molecular flexibility index (Phi) is 51.6. The van der Waals surface area contributed by atoms with Crippen LogP contribution in [0.2, 0.25) is 0 Å². The topological polar surface area (TPSA) is 95.9 Å². The van der Waals surface area contributed by atoms with Crippen LogP contribution in [0.3, 0.4) is 0 Å². The molecule has 0 aliphatic carbocycles. The van der Waals surface area contributed by atoms with E-state index in [2.05, 4.69) is 67.8 Å². The lowest BCUT2D eigenvalue weighted by molar-refractivity contribution is -0.143. The first-order chi connectivity index (χ1) is 31.5. The van der Waals surface area contributed by atoms with Crippen molar-refractivity contribution >= 4 is 11.9 Å². The molecule has 0 heterocycles. The average molecular weight is 898 g/mol. The zero-order chi connectivity index (χ0) is 46.5. The molecule has 0 fully saturated rings. The fourth-order valence-corrected chi connectivity index (χ4v) is 8.31. The summed E-state index contributed by atoms with van der Waals surface area (Å²) in [5.74, 6) is -0.0740. The number of hydrogen-bond donors (Lipinski definition) is 3. The molecule has 374 valence electrons. The van der Waals surface area contributed by atoms with Crippen molar-refractivity contribution < 1.29 is 24.5 Å². The van der Waals surface area contributed by atoms with E-state index >= 15 is 0 Å². The number of ether oxygens (including phenoxy) is 1. The third-order valence-corrected chi connectivity index (χ3v) is 12.6. The zero-order valence-electron chi connectivity index (χ0n) is 42.5. The second kappa shape index (κ2) is 53.4. The SMILES string of the molecule is CCCCC/C=C\C/C=C\CCCCCCCC(=O)OCCCCC/C=C\C=C/CCCCCCCCCCCCC(=O)NC(CO)C(O)CCCCCCCCCCCCCCC. The van der Waals surface area contributed by atoms with Gasteiger partial charge >= 0.3 is 5.97 Å². The smallest absolute Gasteiger partial charge is 0.305 e. The van der Waals surface area contributed by atoms with Crippen LogP contribution < -0.4 is 5.32 Å². The molecule has 2 atom stereocenters. The van der Waals surface area contributed by atoms with Crippen LogP contribution in [-0.2, 0) is 14.3 Å². The largest absolute Gasteiger partial charge is 0.466 e. The Morgan fingerprint density at radius 3 is 1.31 bits per heavy atom. The monoisotopic (exact) mass is 898 g/mol. The summed E-state index contributed by atoms with van der Waals surface area (Å²) in [4.78, 5) is 24.5. The van der Waals surface area contributed by atoms with Crippen molar-refractivity contribution in [3.8, 4) is 0 Å². The van der Waals surface area contributed by atoms with E-state index in [9.17, 15) is 19.8 Å². The minimum absolute atomic E-state index is 0.0279. The van der Waals surface area contributed by atoms with Crippen LogP contribution in [-0.4, -0.2) is 47.4 Å². The molecule has 0 saturated carbocycles. The molecular weight excluding hydrogens is 791 g/mol. The molecule has 0 aromatic rings. The highest BCUT2D eigenvalue weighted by molar-refractivity contribution is 5.76. The Bertz CT molecular complexity index is 1080. The summed E-state index contributed by atoms with van der Waals surface area (Å²) in [6, 6.07) is -0.549. The van der Waals surface area contributed by atoms with Crippen molar-refractivity contribution in [2.45, 2.75) is 296 Å². The number of carbonyl (C=O) groups is 2. The van der Waals surface area contributed by atoms with Gasteiger partial charge in [0.15, 0.2) is 0 Å². The van der Waals surface area contributed by atoms with E-state index in [4.69, 9.17) is 4.74 Å². The highest BCUT2D eigenvalue weighted by Gasteiger charge is 2.20. The second-order valence-electron chi connectivity index (χ2n) is 18.9. The quantitative estimate of drug-likeness (QED) is 0.0245. The van der Waals surface area contributed by atoms with Gasteiger partial charge in [0.1, 0.15) is 0 Å². The molecule has 6 heteroatoms. The first kappa shape index (κ1) is 61.8. The third-order valence-electron chi connectivity index (χ3n) is 12.6. The fourth-order valence-electron chi connectivity index (χ4n) is 8.31. The van der Waals surface area contributed by atoms with Gasteiger partial charge in [-0.3, -0.25) is 9.59 Å². The van der Waals surface area contributed by atoms with Crippen LogP contribution in [0.15, 0.2) is 48.6 Å². The standard InChI is InChI=1S/C58H107NO5/c1-3-5-7-9-11-13-15-17-23-28-32-36-40-44-48-52-58(63)64-53-49-45-41-37-33-29-25-22-20-18-19-21-24-27-31-35-39-43-47-51-57(62)59-55(54-60)56(61)50-46-42-38-34-30-26-16-14-12-10-8-6-4-2/h11,13,17,22-23,25,29,33,55-56,60-61H,3-10,12,14-16,18-21,24,26-28,30-32,34-54H2,1-2H3,(H,59,62)/b13-11-,23-17-,25-22-,33-29-. The van der Waals surface area contributed by atoms with Gasteiger partial charge in [0.2, 0.25) is 5.91 Å². The van der Waals surface area contributed by atoms with E-state index in [1.54, 1.807) is 0 Å². The van der Waals surface area contributed by atoms with E-state index in [0.29, 0.717) is 25.9 Å². The number of aliphatic hydroxyl groups is 2. The van der Waals surface area contributed by atoms with Gasteiger partial charge in [-0.2, -0.15) is 0 Å². The van der Waals surface area contributed by atoms with Crippen molar-refractivity contribution in [3.05, 3.63) is 48.6 Å². The van der Waals surface area contributed by atoms with Gasteiger partial charge in [0, 0.05) is 12.8 Å². The van der Waals surface area contributed by atoms with Crippen molar-refractivity contribution in [1.82, 2.24) is 5.32 Å². The number of rotatable bonds is 51. The van der Waals surface area contributed by atoms with Crippen molar-refractivity contribution in [2.75, 3.05) is 13.2 Å². The van der Waals surface area contributed by atoms with Gasteiger partial charge in [-0.1, -0.05) is 229 Å². The number of carbonyl (C=O) groups excluding carboxylic acids is 2. The van der Waals surface area contributed by atoms with Gasteiger partial charge in [-0.05, 0) is 89.9 Å². The molecule has 0 radical (unpaired) electrons. The van der Waals surface area contributed by atoms with Crippen LogP contribution in [0.4, 0.5) is 0 Å². The molecule has 0 spiro atoms. The molecule has 3 N–H and O–H groups in total. The van der Waals surface area contributed by atoms with Crippen LogP contribution >= 0.6 is 0 Å². The second-order valence-corrected chi connectivity index (χ2v) is 18.9. The predicted molar refractivity (Wildman–Crippen MR) is 278 cm³/mol. The summed E-state index contributed by atoms with van der Waals surface area (Å²) in [7, 11) is 0. The molecule has 0 aromatic carbocycles. The summed E-state index contributed by atoms with van der Waals surface area (Å²) in [5, 5.41) is 23.2. The lowest BCUT2D eigenvalue weighted by Gasteiger charge is -2.22. The predicted octanol–water partition coefficient (Wildman–Crippen LogP) is 17.0. The van der Waals surface area contributed by atoms with E-state index < -0.39 is 12.1 Å². The Hall–Kier alpha value is -2.18. The Labute approximate surface area is 397 Å². The van der Waals surface area contributed by atoms with Gasteiger partial charge < -0.3 is 20.3 Å². The maximum absolute atomic E-state index is 12.4. The molecule has 0 bridgehead atoms. The normalized spacial score (nSPS) is 13.0. The first-order valence-electron chi connectivity index (χ1n) is 27.9. The highest BCUT2D eigenvalue weighted by Crippen LogP contribution is 2.16. The van der Waals surface area contributed by atoms with Crippen molar-refractivity contribution in [2.24, 2.45) is 0 Å². The fraction of sp³-hybridized carbons (Fsp3) is 0.828. The highest BCUT2D eigenvalue weighted by atomic mass is 16.5. The zero-order valence-corrected chi connectivity index (χ0v) is 42.5. The Balaban J connectivity index is 3.49. The summed E-state index contributed by atoms with van der Waals surface area (Å²) in [6.07, 6.45) is 66.6. The molecule has 0 aliphatic heterocycles. The van der Waals surface area contributed by atoms with Gasteiger partial charge in [0.25, 0.3) is 0 Å². The Morgan fingerprint density at radius 2 is 0.828 bits per heavy atom. The molecule has 6 nitrogen and oxygen atoms in total. The minimum Gasteiger partial charge on any atom is -0.466 e. The summed E-state index contributed by atoms with van der Waals surface area (Å²) >= 11 is 0. The molecule has 2 unspecified atom stereocenters. The lowest BCUT2D eigenvalue weighted by Crippen LogP contribution is -2.45. The maximum Gasteiger partial charge on any atom is 0.305 e. The van der Waals surface area contributed by atoms with E-state index in [1.165, 1.54) is 167 Å². The third kappa shape index (κ3) is 49.3. The van der Waals surface area contributed by atoms with Gasteiger partial charge in [-0.25, -0.2) is 0 Å². The maximum atomic E-state index is 12.4. The van der Waals surface area contributed by atoms with E-state index in [0.717, 1.165) is 83.5 Å². The first-order valence-corrected chi connectivity index (χ1v) is 27.9. The summed E-state index contributed by atoms with van der Waals surface area (Å²) < 4.78 is 5.44. The minimum atomic E-state index is -0.671. The molecule has 0 saturated heterocycles. The van der Waals surface area contributed by atoms with Crippen LogP contribution in [0.5, 0.6) is 0 Å². The summed E-state index contributed by atoms with van der Waals surface area (Å²) in [6.45, 7) is 4.87. The number of hydrogen-bond acceptors (Lipinski definition) is 5. The number of amides is 1. The molecule has 0 rings (SSSR count). The van der Waals surface area contributed by atoms with Crippen molar-refractivity contribution in [3.63, 3.8) is 0 Å². The number of allylic oxidation sites excluding steroid dienone is 8. The van der Waals surface area contributed by atoms with Crippen LogP contribution in [0, 0.1) is 0 Å². The molecule has 64 heavy (non-hydrogen) atoms. The number of aliphatic hydroxyl groups excluding tert-OH is 2. The molecule has 1 amide bonds. The van der Waals surface area contributed by atoms with Crippen LogP contribution in [0.1, 0.15) is 284 Å². The summed E-state index contributed by atoms with van der Waals surface area (Å²) in [5.41, 5.74) is 0. The number of esters is 1. The molecule has 0 aliphatic rings. The molecular formula is C58H107NO5. The average Bonchev–Trinajstić information content (AvgIpc) is 3.29. The van der Waals surface area contributed by atoms with Crippen LogP contribution in [0.25, 0.3) is 0 Å². The number of unbranched alkanes of at least 4 members (excludes halogenated alkanes) is 33. The van der Waals surface area contributed by atoms with E-state index in [1.807, 2.05) is 0 Å².